The van der Waals surface area contributed by atoms with Gasteiger partial charge in [0.25, 0.3) is 0 Å². The summed E-state index contributed by atoms with van der Waals surface area (Å²) in [6.45, 7) is 2.36. The second-order valence-electron chi connectivity index (χ2n) is 16.8. The van der Waals surface area contributed by atoms with Crippen LogP contribution in [0.3, 0.4) is 0 Å². The van der Waals surface area contributed by atoms with Crippen molar-refractivity contribution >= 4 is 44.4 Å². The van der Waals surface area contributed by atoms with E-state index in [0.717, 1.165) is 46.9 Å². The molecule has 4 aliphatic rings. The van der Waals surface area contributed by atoms with Gasteiger partial charge in [0.2, 0.25) is 5.95 Å². The predicted octanol–water partition coefficient (Wildman–Crippen LogP) is 13.7. The lowest BCUT2D eigenvalue weighted by Crippen LogP contribution is -2.28. The Hall–Kier alpha value is -7.10. The lowest BCUT2D eigenvalue weighted by molar-refractivity contribution is 0.630. The highest BCUT2D eigenvalue weighted by Gasteiger charge is 2.53. The van der Waals surface area contributed by atoms with Crippen molar-refractivity contribution < 1.29 is 0 Å². The lowest BCUT2D eigenvalue weighted by atomic mass is 9.67. The molecule has 0 aliphatic heterocycles. The first kappa shape index (κ1) is 32.9. The van der Waals surface area contributed by atoms with Crippen molar-refractivity contribution in [2.24, 2.45) is 5.92 Å². The van der Waals surface area contributed by atoms with Crippen molar-refractivity contribution in [3.63, 3.8) is 0 Å². The van der Waals surface area contributed by atoms with Crippen LogP contribution in [0.4, 0.5) is 0 Å². The van der Waals surface area contributed by atoms with Crippen LogP contribution in [-0.2, 0) is 11.8 Å². The molecular formula is C56H39N3. The maximum absolute atomic E-state index is 5.59. The minimum atomic E-state index is -0.377. The van der Waals surface area contributed by atoms with Gasteiger partial charge in [0.05, 0.1) is 27.7 Å². The third kappa shape index (κ3) is 4.42. The highest BCUT2D eigenvalue weighted by Crippen LogP contribution is 2.65. The standard InChI is InChI=1S/C56H39N3/c1-34-25-30-41-40-16-4-8-21-46(40)56(49(41)33-34)47-22-9-5-18-44(47)52-48(56)32-31-43-42-17-7-11-24-51(42)59(54(43)52)55-57-50-23-10-6-19-45(50)53(58-55)37-28-26-36(27-29-37)39-20-12-14-35-13-2-3-15-38(35)39/h2,4-14,16-32,34H,3,15,33H2,1H3. The molecule has 0 fully saturated rings. The van der Waals surface area contributed by atoms with E-state index < -0.39 is 0 Å². The monoisotopic (exact) mass is 753 g/mol. The molecule has 2 unspecified atom stereocenters. The first-order chi connectivity index (χ1) is 29.2. The largest absolute Gasteiger partial charge is 0.277 e. The van der Waals surface area contributed by atoms with Crippen LogP contribution in [0.25, 0.3) is 83.8 Å². The van der Waals surface area contributed by atoms with E-state index in [1.807, 2.05) is 0 Å². The Morgan fingerprint density at radius 3 is 2.20 bits per heavy atom. The fourth-order valence-corrected chi connectivity index (χ4v) is 11.3. The molecule has 2 aromatic heterocycles. The van der Waals surface area contributed by atoms with Crippen LogP contribution in [0.15, 0.2) is 175 Å². The fraction of sp³-hybridized carbons (Fsp3) is 0.107. The summed E-state index contributed by atoms with van der Waals surface area (Å²) in [6.07, 6.45) is 12.5. The van der Waals surface area contributed by atoms with E-state index in [-0.39, 0.29) is 5.41 Å². The molecule has 0 amide bonds. The van der Waals surface area contributed by atoms with Crippen LogP contribution >= 0.6 is 0 Å². The summed E-state index contributed by atoms with van der Waals surface area (Å²) in [5, 5.41) is 3.46. The number of aromatic nitrogens is 3. The van der Waals surface area contributed by atoms with Crippen molar-refractivity contribution in [2.75, 3.05) is 0 Å². The number of benzene rings is 7. The van der Waals surface area contributed by atoms with E-state index in [2.05, 4.69) is 187 Å². The molecule has 59 heavy (non-hydrogen) atoms. The summed E-state index contributed by atoms with van der Waals surface area (Å²) in [4.78, 5) is 11.0. The highest BCUT2D eigenvalue weighted by molar-refractivity contribution is 6.16. The van der Waals surface area contributed by atoms with Gasteiger partial charge < -0.3 is 0 Å². The Morgan fingerprint density at radius 1 is 0.593 bits per heavy atom. The van der Waals surface area contributed by atoms with E-state index in [1.165, 1.54) is 83.1 Å². The van der Waals surface area contributed by atoms with Crippen LogP contribution < -0.4 is 0 Å². The van der Waals surface area contributed by atoms with Crippen molar-refractivity contribution in [1.82, 2.24) is 14.5 Å². The average molecular weight is 754 g/mol. The number of allylic oxidation sites excluding steroid dienone is 5. The number of rotatable bonds is 3. The zero-order valence-electron chi connectivity index (χ0n) is 32.8. The molecule has 3 heteroatoms. The van der Waals surface area contributed by atoms with E-state index >= 15 is 0 Å². The molecule has 0 saturated heterocycles. The SMILES string of the molecule is CC1C=CC2=C(C1)C1(c3ccccc32)c2ccccc2-c2c1ccc1c3ccccc3n(-c3nc(-c4ccc(-c5cccc6c5CCC=C6)cc4)c4ccccc4n3)c21. The molecular weight excluding hydrogens is 715 g/mol. The summed E-state index contributed by atoms with van der Waals surface area (Å²) in [5.41, 5.74) is 21.1. The number of fused-ring (bicyclic) bond motifs is 15. The predicted molar refractivity (Wildman–Crippen MR) is 244 cm³/mol. The second-order valence-corrected chi connectivity index (χ2v) is 16.8. The van der Waals surface area contributed by atoms with Gasteiger partial charge in [-0.2, -0.15) is 0 Å². The minimum Gasteiger partial charge on any atom is -0.277 e. The van der Waals surface area contributed by atoms with Crippen molar-refractivity contribution in [3.05, 3.63) is 209 Å². The molecule has 4 aliphatic carbocycles. The molecule has 1 spiro atoms. The molecule has 9 aromatic rings. The molecule has 3 nitrogen and oxygen atoms in total. The first-order valence-electron chi connectivity index (χ1n) is 21.0. The third-order valence-corrected chi connectivity index (χ3v) is 13.7. The molecule has 2 heterocycles. The topological polar surface area (TPSA) is 30.7 Å². The lowest BCUT2D eigenvalue weighted by Gasteiger charge is -2.34. The zero-order valence-corrected chi connectivity index (χ0v) is 32.8. The maximum atomic E-state index is 5.59. The van der Waals surface area contributed by atoms with E-state index in [4.69, 9.17) is 9.97 Å². The van der Waals surface area contributed by atoms with Gasteiger partial charge in [0.15, 0.2) is 0 Å². The molecule has 0 bridgehead atoms. The number of nitrogens with zero attached hydrogens (tertiary/aromatic N) is 3. The summed E-state index contributed by atoms with van der Waals surface area (Å²) in [7, 11) is 0. The van der Waals surface area contributed by atoms with Gasteiger partial charge >= 0.3 is 0 Å². The van der Waals surface area contributed by atoms with Gasteiger partial charge in [0.1, 0.15) is 0 Å². The van der Waals surface area contributed by atoms with Crippen LogP contribution in [0.2, 0.25) is 0 Å². The van der Waals surface area contributed by atoms with Gasteiger partial charge in [0, 0.05) is 27.3 Å². The molecule has 0 N–H and O–H groups in total. The van der Waals surface area contributed by atoms with Gasteiger partial charge in [-0.05, 0) is 98.5 Å². The van der Waals surface area contributed by atoms with E-state index in [1.54, 1.807) is 0 Å². The van der Waals surface area contributed by atoms with Gasteiger partial charge in [-0.25, -0.2) is 9.97 Å². The normalized spacial score (nSPS) is 18.4. The highest BCUT2D eigenvalue weighted by atomic mass is 15.2. The Bertz CT molecular complexity index is 3370. The quantitative estimate of drug-likeness (QED) is 0.180. The van der Waals surface area contributed by atoms with Crippen LogP contribution in [-0.4, -0.2) is 14.5 Å². The Balaban J connectivity index is 1.08. The van der Waals surface area contributed by atoms with Crippen molar-refractivity contribution in [2.45, 2.75) is 31.6 Å². The summed E-state index contributed by atoms with van der Waals surface area (Å²) in [6, 6.07) is 56.1. The first-order valence-corrected chi connectivity index (χ1v) is 21.0. The summed E-state index contributed by atoms with van der Waals surface area (Å²) >= 11 is 0. The minimum absolute atomic E-state index is 0.377. The van der Waals surface area contributed by atoms with Crippen LogP contribution in [0.1, 0.15) is 53.1 Å². The van der Waals surface area contributed by atoms with E-state index in [9.17, 15) is 0 Å². The fourth-order valence-electron chi connectivity index (χ4n) is 11.3. The molecule has 278 valence electrons. The molecule has 0 saturated carbocycles. The average Bonchev–Trinajstić information content (AvgIpc) is 3.90. The molecule has 7 aromatic carbocycles. The molecule has 13 rings (SSSR count). The van der Waals surface area contributed by atoms with E-state index in [0.29, 0.717) is 11.9 Å². The Morgan fingerprint density at radius 2 is 1.32 bits per heavy atom. The van der Waals surface area contributed by atoms with Gasteiger partial charge in [-0.15, -0.1) is 0 Å². The molecule has 2 atom stereocenters. The Kier molecular flexibility index (Phi) is 6.81. The number of hydrogen-bond donors (Lipinski definition) is 0. The summed E-state index contributed by atoms with van der Waals surface area (Å²) < 4.78 is 2.37. The van der Waals surface area contributed by atoms with Crippen LogP contribution in [0.5, 0.6) is 0 Å². The third-order valence-electron chi connectivity index (χ3n) is 13.7. The Labute approximate surface area is 343 Å². The maximum Gasteiger partial charge on any atom is 0.235 e. The van der Waals surface area contributed by atoms with Gasteiger partial charge in [-0.1, -0.05) is 171 Å². The van der Waals surface area contributed by atoms with Crippen LogP contribution in [0, 0.1) is 5.92 Å². The number of hydrogen-bond acceptors (Lipinski definition) is 2. The van der Waals surface area contributed by atoms with Crippen molar-refractivity contribution in [1.29, 1.82) is 0 Å². The second kappa shape index (κ2) is 12.2. The van der Waals surface area contributed by atoms with Crippen molar-refractivity contribution in [3.8, 4) is 39.5 Å². The molecule has 0 radical (unpaired) electrons. The smallest absolute Gasteiger partial charge is 0.235 e. The zero-order chi connectivity index (χ0) is 38.8. The summed E-state index contributed by atoms with van der Waals surface area (Å²) in [5.74, 6) is 1.14. The number of para-hydroxylation sites is 2. The van der Waals surface area contributed by atoms with Gasteiger partial charge in [-0.3, -0.25) is 4.57 Å².